The van der Waals surface area contributed by atoms with Gasteiger partial charge in [0.25, 0.3) is 0 Å². The van der Waals surface area contributed by atoms with Gasteiger partial charge in [-0.25, -0.2) is 4.79 Å². The molecule has 3 heterocycles. The summed E-state index contributed by atoms with van der Waals surface area (Å²) >= 11 is 7.43. The van der Waals surface area contributed by atoms with Gasteiger partial charge in [-0.1, -0.05) is 23.7 Å². The zero-order valence-electron chi connectivity index (χ0n) is 17.4. The number of amides is 4. The summed E-state index contributed by atoms with van der Waals surface area (Å²) in [6, 6.07) is 7.03. The lowest BCUT2D eigenvalue weighted by molar-refractivity contribution is -0.140. The molecule has 4 amide bonds. The van der Waals surface area contributed by atoms with Crippen LogP contribution in [0.4, 0.5) is 4.79 Å². The zero-order valence-corrected chi connectivity index (χ0v) is 19.0. The van der Waals surface area contributed by atoms with E-state index in [1.165, 1.54) is 18.8 Å². The monoisotopic (exact) mass is 467 g/mol. The van der Waals surface area contributed by atoms with E-state index in [1.54, 1.807) is 29.0 Å². The van der Waals surface area contributed by atoms with Crippen molar-refractivity contribution in [1.82, 2.24) is 25.3 Å². The lowest BCUT2D eigenvalue weighted by Gasteiger charge is -2.50. The fourth-order valence-electron chi connectivity index (χ4n) is 4.11. The number of carbonyl (C=O) groups is 3. The average molecular weight is 468 g/mol. The number of thioether (sulfide) groups is 1. The Labute approximate surface area is 190 Å². The molecule has 3 aliphatic rings. The smallest absolute Gasteiger partial charge is 0.327 e. The number of benzene rings is 1. The summed E-state index contributed by atoms with van der Waals surface area (Å²) in [4.78, 5) is 42.7. The van der Waals surface area contributed by atoms with Gasteiger partial charge in [-0.15, -0.1) is 11.8 Å². The van der Waals surface area contributed by atoms with Gasteiger partial charge in [0.2, 0.25) is 11.8 Å². The predicted molar refractivity (Wildman–Crippen MR) is 117 cm³/mol. The van der Waals surface area contributed by atoms with Crippen molar-refractivity contribution < 1.29 is 19.1 Å². The number of nitrogens with one attached hydrogen (secondary N) is 2. The third-order valence-corrected chi connectivity index (χ3v) is 7.36. The minimum atomic E-state index is -0.529. The number of halogens is 1. The number of imide groups is 1. The molecule has 0 radical (unpaired) electrons. The van der Waals surface area contributed by atoms with E-state index in [0.29, 0.717) is 31.3 Å². The van der Waals surface area contributed by atoms with Gasteiger partial charge in [-0.05, 0) is 17.7 Å². The van der Waals surface area contributed by atoms with Crippen molar-refractivity contribution in [3.63, 3.8) is 0 Å². The zero-order chi connectivity index (χ0) is 22.1. The molecule has 0 aromatic heterocycles. The van der Waals surface area contributed by atoms with Crippen LogP contribution < -0.4 is 10.6 Å². The lowest BCUT2D eigenvalue weighted by Crippen LogP contribution is -2.72. The topological polar surface area (TPSA) is 94.2 Å². The Hall–Kier alpha value is -1.85. The first kappa shape index (κ1) is 22.3. The first-order valence-corrected chi connectivity index (χ1v) is 11.6. The van der Waals surface area contributed by atoms with E-state index in [4.69, 9.17) is 16.3 Å². The van der Waals surface area contributed by atoms with Gasteiger partial charge < -0.3 is 14.5 Å². The quantitative estimate of drug-likeness (QED) is 0.679. The molecule has 1 aromatic rings. The fraction of sp³-hybridized carbons (Fsp3) is 0.550. The summed E-state index contributed by atoms with van der Waals surface area (Å²) in [5.41, 5.74) is 0.931. The molecule has 4 unspecified atom stereocenters. The van der Waals surface area contributed by atoms with Crippen LogP contribution in [0.5, 0.6) is 0 Å². The number of rotatable bonds is 4. The van der Waals surface area contributed by atoms with Gasteiger partial charge in [0.1, 0.15) is 0 Å². The molecule has 3 aliphatic heterocycles. The summed E-state index contributed by atoms with van der Waals surface area (Å²) in [5.74, 6) is -0.532. The molecule has 9 nitrogen and oxygen atoms in total. The summed E-state index contributed by atoms with van der Waals surface area (Å²) < 4.78 is 5.32. The number of urea groups is 1. The number of hydrogen-bond donors (Lipinski definition) is 2. The highest BCUT2D eigenvalue weighted by Gasteiger charge is 2.51. The maximum atomic E-state index is 13.0. The second kappa shape index (κ2) is 9.33. The van der Waals surface area contributed by atoms with Crippen LogP contribution >= 0.6 is 23.4 Å². The van der Waals surface area contributed by atoms with E-state index in [-0.39, 0.29) is 35.1 Å². The Kier molecular flexibility index (Phi) is 6.73. The van der Waals surface area contributed by atoms with Crippen LogP contribution in [-0.2, 0) is 14.3 Å². The van der Waals surface area contributed by atoms with E-state index in [9.17, 15) is 14.4 Å². The molecular weight excluding hydrogens is 442 g/mol. The molecule has 2 N–H and O–H groups in total. The third-order valence-electron chi connectivity index (χ3n) is 5.91. The number of nitrogens with zero attached hydrogens (tertiary/aromatic N) is 3. The molecule has 4 atom stereocenters. The molecule has 11 heteroatoms. The lowest BCUT2D eigenvalue weighted by atomic mass is 9.96. The van der Waals surface area contributed by atoms with Crippen molar-refractivity contribution in [2.75, 3.05) is 46.2 Å². The van der Waals surface area contributed by atoms with Gasteiger partial charge in [0, 0.05) is 32.2 Å². The number of hydrogen-bond acceptors (Lipinski definition) is 7. The molecule has 0 spiro atoms. The van der Waals surface area contributed by atoms with Crippen molar-refractivity contribution >= 4 is 41.2 Å². The molecule has 0 saturated carbocycles. The number of fused-ring (bicyclic) bond motifs is 1. The minimum Gasteiger partial charge on any atom is -0.378 e. The Morgan fingerprint density at radius 1 is 1.16 bits per heavy atom. The van der Waals surface area contributed by atoms with Crippen molar-refractivity contribution in [2.24, 2.45) is 5.92 Å². The van der Waals surface area contributed by atoms with Crippen LogP contribution in [0.2, 0.25) is 5.02 Å². The molecule has 3 saturated heterocycles. The highest BCUT2D eigenvalue weighted by atomic mass is 35.5. The Morgan fingerprint density at radius 3 is 2.52 bits per heavy atom. The highest BCUT2D eigenvalue weighted by molar-refractivity contribution is 8.00. The van der Waals surface area contributed by atoms with Crippen LogP contribution in [0.25, 0.3) is 0 Å². The van der Waals surface area contributed by atoms with Crippen LogP contribution in [0.1, 0.15) is 11.7 Å². The molecule has 4 rings (SSSR count). The van der Waals surface area contributed by atoms with Crippen LogP contribution in [0.3, 0.4) is 0 Å². The average Bonchev–Trinajstić information content (AvgIpc) is 2.80. The molecular formula is C20H26ClN5O4S. The van der Waals surface area contributed by atoms with E-state index in [1.807, 2.05) is 12.1 Å². The molecule has 3 fully saturated rings. The number of morpholine rings is 1. The Bertz CT molecular complexity index is 850. The van der Waals surface area contributed by atoms with Crippen LogP contribution in [0.15, 0.2) is 24.3 Å². The summed E-state index contributed by atoms with van der Waals surface area (Å²) in [6.45, 7) is 2.25. The second-order valence-electron chi connectivity index (χ2n) is 7.80. The van der Waals surface area contributed by atoms with Crippen molar-refractivity contribution in [3.8, 4) is 0 Å². The third kappa shape index (κ3) is 4.54. The van der Waals surface area contributed by atoms with Crippen LogP contribution in [-0.4, -0.2) is 90.2 Å². The SMILES string of the molecule is CN1C(=O)C2C(SCC(=O)N3CCOCC3)NC(c3ccc(Cl)cc3)NC2N(C)C1=O. The van der Waals surface area contributed by atoms with Gasteiger partial charge in [-0.2, -0.15) is 0 Å². The Morgan fingerprint density at radius 2 is 1.84 bits per heavy atom. The first-order chi connectivity index (χ1) is 14.9. The van der Waals surface area contributed by atoms with Crippen molar-refractivity contribution in [3.05, 3.63) is 34.9 Å². The van der Waals surface area contributed by atoms with E-state index < -0.39 is 12.1 Å². The van der Waals surface area contributed by atoms with Crippen molar-refractivity contribution in [2.45, 2.75) is 17.7 Å². The summed E-state index contributed by atoms with van der Waals surface area (Å²) in [6.07, 6.45) is -0.796. The van der Waals surface area contributed by atoms with E-state index in [0.717, 1.165) is 10.5 Å². The van der Waals surface area contributed by atoms with Gasteiger partial charge in [0.15, 0.2) is 0 Å². The maximum Gasteiger partial charge on any atom is 0.327 e. The maximum absolute atomic E-state index is 13.0. The minimum absolute atomic E-state index is 0.0225. The molecule has 0 aliphatic carbocycles. The van der Waals surface area contributed by atoms with Gasteiger partial charge in [-0.3, -0.25) is 25.1 Å². The first-order valence-electron chi connectivity index (χ1n) is 10.2. The predicted octanol–water partition coefficient (Wildman–Crippen LogP) is 0.916. The molecule has 31 heavy (non-hydrogen) atoms. The summed E-state index contributed by atoms with van der Waals surface area (Å²) in [5, 5.41) is 7.11. The highest BCUT2D eigenvalue weighted by Crippen LogP contribution is 2.34. The van der Waals surface area contributed by atoms with Gasteiger partial charge >= 0.3 is 6.03 Å². The van der Waals surface area contributed by atoms with E-state index >= 15 is 0 Å². The normalized spacial score (nSPS) is 29.2. The standard InChI is InChI=1S/C20H26ClN5O4S/c1-24-17-15(19(28)25(2)20(24)29)18(31-11-14(27)26-7-9-30-10-8-26)23-16(22-17)12-3-5-13(21)6-4-12/h3-6,15-18,22-23H,7-11H2,1-2H3. The number of carbonyl (C=O) groups excluding carboxylic acids is 3. The van der Waals surface area contributed by atoms with Crippen molar-refractivity contribution in [1.29, 1.82) is 0 Å². The molecule has 168 valence electrons. The fourth-order valence-corrected chi connectivity index (χ4v) is 5.45. The van der Waals surface area contributed by atoms with Gasteiger partial charge in [0.05, 0.1) is 42.6 Å². The van der Waals surface area contributed by atoms with Crippen LogP contribution in [0, 0.1) is 5.92 Å². The second-order valence-corrected chi connectivity index (χ2v) is 9.37. The largest absolute Gasteiger partial charge is 0.378 e. The van der Waals surface area contributed by atoms with E-state index in [2.05, 4.69) is 10.6 Å². The summed E-state index contributed by atoms with van der Waals surface area (Å²) in [7, 11) is 3.17. The molecule has 0 bridgehead atoms. The molecule has 1 aromatic carbocycles. The number of ether oxygens (including phenoxy) is 1. The Balaban J connectivity index is 1.55.